The average Bonchev–Trinajstić information content (AvgIpc) is 3.27. The van der Waals surface area contributed by atoms with Crippen molar-refractivity contribution >= 4 is 29.5 Å². The number of nitrogens with one attached hydrogen (secondary N) is 1. The molecule has 3 saturated heterocycles. The summed E-state index contributed by atoms with van der Waals surface area (Å²) < 4.78 is 0. The van der Waals surface area contributed by atoms with E-state index in [9.17, 15) is 14.4 Å². The van der Waals surface area contributed by atoms with Crippen LogP contribution in [0.25, 0.3) is 0 Å². The molecular weight excluding hydrogens is 388 g/mol. The highest BCUT2D eigenvalue weighted by atomic mass is 32.2. The molecule has 0 aliphatic carbocycles. The highest BCUT2D eigenvalue weighted by Gasteiger charge is 2.55. The molecule has 0 bridgehead atoms. The van der Waals surface area contributed by atoms with Gasteiger partial charge < -0.3 is 4.90 Å². The number of amides is 3. The van der Waals surface area contributed by atoms with Gasteiger partial charge in [-0.2, -0.15) is 5.43 Å². The third-order valence-corrected chi connectivity index (χ3v) is 7.31. The van der Waals surface area contributed by atoms with Crippen LogP contribution in [0, 0.1) is 13.8 Å². The Morgan fingerprint density at radius 1 is 1.28 bits per heavy atom. The lowest BCUT2D eigenvalue weighted by Crippen LogP contribution is -2.66. The fraction of sp³-hybridized carbons (Fsp3) is 0.571. The van der Waals surface area contributed by atoms with Gasteiger partial charge in [0, 0.05) is 12.1 Å². The Labute approximate surface area is 175 Å². The molecule has 1 aromatic rings. The van der Waals surface area contributed by atoms with Gasteiger partial charge in [0.25, 0.3) is 0 Å². The van der Waals surface area contributed by atoms with E-state index < -0.39 is 6.29 Å². The largest absolute Gasteiger partial charge is 0.337 e. The van der Waals surface area contributed by atoms with Crippen molar-refractivity contribution in [2.45, 2.75) is 57.6 Å². The Bertz CT molecular complexity index is 845. The number of fused-ring (bicyclic) bond motifs is 3. The standard InChI is InChI=1S/C21H28N4O3S/c1-4-5-9-23-19(27)18-16(8-10-29-18)25-20(23)22-24(21(25)28)12-17(26)15-7-6-13(2)11-14(15)3/h6-7,11,16,18,20,22H,4-5,8-10,12H2,1-3H3. The number of hydrogen-bond donors (Lipinski definition) is 1. The van der Waals surface area contributed by atoms with Crippen LogP contribution in [0.2, 0.25) is 0 Å². The third-order valence-electron chi connectivity index (χ3n) is 5.96. The van der Waals surface area contributed by atoms with Gasteiger partial charge in [-0.15, -0.1) is 11.8 Å². The van der Waals surface area contributed by atoms with Crippen molar-refractivity contribution in [2.75, 3.05) is 18.8 Å². The molecule has 29 heavy (non-hydrogen) atoms. The van der Waals surface area contributed by atoms with Crippen LogP contribution in [0.15, 0.2) is 18.2 Å². The first-order chi connectivity index (χ1) is 13.9. The first-order valence-electron chi connectivity index (χ1n) is 10.3. The molecular formula is C21H28N4O3S. The van der Waals surface area contributed by atoms with Gasteiger partial charge in [0.2, 0.25) is 5.91 Å². The molecule has 3 fully saturated rings. The van der Waals surface area contributed by atoms with E-state index >= 15 is 0 Å². The Hall–Kier alpha value is -2.06. The van der Waals surface area contributed by atoms with Crippen molar-refractivity contribution in [1.29, 1.82) is 0 Å². The van der Waals surface area contributed by atoms with Crippen LogP contribution in [0.4, 0.5) is 4.79 Å². The topological polar surface area (TPSA) is 73.0 Å². The highest BCUT2D eigenvalue weighted by molar-refractivity contribution is 8.00. The second-order valence-corrected chi connectivity index (χ2v) is 9.30. The molecule has 7 nitrogen and oxygen atoms in total. The quantitative estimate of drug-likeness (QED) is 0.722. The number of ketones is 1. The van der Waals surface area contributed by atoms with Crippen molar-refractivity contribution in [3.63, 3.8) is 0 Å². The maximum Gasteiger partial charge on any atom is 0.337 e. The number of benzene rings is 1. The van der Waals surface area contributed by atoms with Crippen LogP contribution >= 0.6 is 11.8 Å². The smallest absolute Gasteiger partial charge is 0.307 e. The number of hydrazine groups is 1. The molecule has 3 heterocycles. The minimum Gasteiger partial charge on any atom is -0.307 e. The summed E-state index contributed by atoms with van der Waals surface area (Å²) in [7, 11) is 0. The summed E-state index contributed by atoms with van der Waals surface area (Å²) in [5, 5.41) is 1.20. The molecule has 4 rings (SSSR count). The Kier molecular flexibility index (Phi) is 5.57. The lowest BCUT2D eigenvalue weighted by Gasteiger charge is -2.44. The molecule has 0 aromatic heterocycles. The second-order valence-electron chi connectivity index (χ2n) is 8.05. The minimum absolute atomic E-state index is 0.0456. The Morgan fingerprint density at radius 3 is 2.79 bits per heavy atom. The van der Waals surface area contributed by atoms with Crippen molar-refractivity contribution < 1.29 is 14.4 Å². The molecule has 0 radical (unpaired) electrons. The van der Waals surface area contributed by atoms with Gasteiger partial charge in [-0.3, -0.25) is 14.5 Å². The summed E-state index contributed by atoms with van der Waals surface area (Å²) in [6.07, 6.45) is 2.18. The van der Waals surface area contributed by atoms with Crippen molar-refractivity contribution in [2.24, 2.45) is 0 Å². The van der Waals surface area contributed by atoms with E-state index in [0.29, 0.717) is 12.1 Å². The second kappa shape index (κ2) is 7.99. The van der Waals surface area contributed by atoms with E-state index in [1.807, 2.05) is 32.0 Å². The van der Waals surface area contributed by atoms with E-state index in [4.69, 9.17) is 0 Å². The lowest BCUT2D eigenvalue weighted by atomic mass is 10.0. The Balaban J connectivity index is 1.56. The van der Waals surface area contributed by atoms with E-state index in [1.54, 1.807) is 21.6 Å². The number of hydrogen-bond acceptors (Lipinski definition) is 5. The zero-order valence-electron chi connectivity index (χ0n) is 17.2. The third kappa shape index (κ3) is 3.53. The summed E-state index contributed by atoms with van der Waals surface area (Å²) in [6.45, 7) is 6.55. The van der Waals surface area contributed by atoms with Gasteiger partial charge in [0.15, 0.2) is 12.1 Å². The fourth-order valence-electron chi connectivity index (χ4n) is 4.46. The molecule has 3 amide bonds. The van der Waals surface area contributed by atoms with Crippen LogP contribution in [0.5, 0.6) is 0 Å². The number of nitrogens with zero attached hydrogens (tertiary/aromatic N) is 3. The Morgan fingerprint density at radius 2 is 2.07 bits per heavy atom. The molecule has 1 aromatic carbocycles. The van der Waals surface area contributed by atoms with E-state index in [2.05, 4.69) is 12.3 Å². The SMILES string of the molecule is CCCCN1C(=O)C2SCCC2N2C(=O)N(CC(=O)c3ccc(C)cc3C)NC12. The fourth-order valence-corrected chi connectivity index (χ4v) is 5.86. The predicted molar refractivity (Wildman–Crippen MR) is 112 cm³/mol. The lowest BCUT2D eigenvalue weighted by molar-refractivity contribution is -0.144. The van der Waals surface area contributed by atoms with Crippen molar-refractivity contribution in [3.05, 3.63) is 34.9 Å². The molecule has 3 aliphatic heterocycles. The maximum absolute atomic E-state index is 13.2. The number of thioether (sulfide) groups is 1. The van der Waals surface area contributed by atoms with Gasteiger partial charge in [-0.1, -0.05) is 37.1 Å². The van der Waals surface area contributed by atoms with Gasteiger partial charge in [0.05, 0.1) is 6.04 Å². The van der Waals surface area contributed by atoms with Crippen molar-refractivity contribution in [1.82, 2.24) is 20.2 Å². The molecule has 3 aliphatic rings. The zero-order valence-corrected chi connectivity index (χ0v) is 18.0. The number of carbonyl (C=O) groups is 3. The number of Topliss-reactive ketones (excluding diaryl/α,β-unsaturated/α-hetero) is 1. The van der Waals surface area contributed by atoms with Crippen LogP contribution in [-0.2, 0) is 4.79 Å². The van der Waals surface area contributed by atoms with Crippen LogP contribution < -0.4 is 5.43 Å². The summed E-state index contributed by atoms with van der Waals surface area (Å²) in [6, 6.07) is 5.40. The molecule has 3 atom stereocenters. The number of rotatable bonds is 6. The van der Waals surface area contributed by atoms with Gasteiger partial charge >= 0.3 is 6.03 Å². The van der Waals surface area contributed by atoms with E-state index in [0.717, 1.165) is 36.1 Å². The monoisotopic (exact) mass is 416 g/mol. The van der Waals surface area contributed by atoms with Crippen LogP contribution in [-0.4, -0.2) is 69.0 Å². The predicted octanol–water partition coefficient (Wildman–Crippen LogP) is 2.53. The molecule has 0 spiro atoms. The first kappa shape index (κ1) is 20.2. The minimum atomic E-state index is -0.492. The van der Waals surface area contributed by atoms with Gasteiger partial charge in [-0.25, -0.2) is 9.80 Å². The molecule has 3 unspecified atom stereocenters. The molecule has 156 valence electrons. The normalized spacial score (nSPS) is 26.2. The average molecular weight is 417 g/mol. The molecule has 8 heteroatoms. The summed E-state index contributed by atoms with van der Waals surface area (Å²) in [5.41, 5.74) is 5.80. The summed E-state index contributed by atoms with van der Waals surface area (Å²) in [5.74, 6) is 0.878. The zero-order chi connectivity index (χ0) is 20.7. The van der Waals surface area contributed by atoms with E-state index in [1.165, 1.54) is 5.01 Å². The first-order valence-corrected chi connectivity index (χ1v) is 11.4. The van der Waals surface area contributed by atoms with Crippen molar-refractivity contribution in [3.8, 4) is 0 Å². The van der Waals surface area contributed by atoms with E-state index in [-0.39, 0.29) is 35.6 Å². The highest BCUT2D eigenvalue weighted by Crippen LogP contribution is 2.39. The van der Waals surface area contributed by atoms with Gasteiger partial charge in [-0.05, 0) is 38.0 Å². The molecule has 0 saturated carbocycles. The van der Waals surface area contributed by atoms with Crippen LogP contribution in [0.3, 0.4) is 0 Å². The maximum atomic E-state index is 13.2. The molecule has 1 N–H and O–H groups in total. The number of carbonyl (C=O) groups excluding carboxylic acids is 3. The summed E-state index contributed by atoms with van der Waals surface area (Å²) >= 11 is 1.64. The number of unbranched alkanes of at least 4 members (excludes halogenated alkanes) is 1. The van der Waals surface area contributed by atoms with Crippen LogP contribution in [0.1, 0.15) is 47.7 Å². The number of urea groups is 1. The van der Waals surface area contributed by atoms with Gasteiger partial charge in [0.1, 0.15) is 11.8 Å². The summed E-state index contributed by atoms with van der Waals surface area (Å²) in [4.78, 5) is 42.7. The number of aryl methyl sites for hydroxylation is 2.